The van der Waals surface area contributed by atoms with Gasteiger partial charge in [0.05, 0.1) is 11.1 Å². The second kappa shape index (κ2) is 14.7. The van der Waals surface area contributed by atoms with Crippen LogP contribution in [-0.4, -0.2) is 0 Å². The van der Waals surface area contributed by atoms with Gasteiger partial charge in [-0.05, 0) is 93.8 Å². The Labute approximate surface area is 303 Å². The molecule has 1 aliphatic carbocycles. The number of nitrogens with zero attached hydrogens (tertiary/aromatic N) is 1. The topological polar surface area (TPSA) is 3.24 Å². The zero-order valence-corrected chi connectivity index (χ0v) is 29.5. The Balaban J connectivity index is 1.52. The molecule has 6 aromatic rings. The molecule has 0 amide bonds. The highest BCUT2D eigenvalue weighted by Gasteiger charge is 2.46. The lowest BCUT2D eigenvalue weighted by Crippen LogP contribution is -2.28. The van der Waals surface area contributed by atoms with Crippen LogP contribution in [0.3, 0.4) is 0 Å². The van der Waals surface area contributed by atoms with E-state index in [0.717, 1.165) is 34.6 Å². The third kappa shape index (κ3) is 5.92. The van der Waals surface area contributed by atoms with E-state index in [1.807, 2.05) is 18.2 Å². The molecule has 0 unspecified atom stereocenters. The zero-order valence-electron chi connectivity index (χ0n) is 29.5. The van der Waals surface area contributed by atoms with Crippen LogP contribution in [0.25, 0.3) is 22.3 Å². The van der Waals surface area contributed by atoms with Crippen LogP contribution in [0.4, 0.5) is 17.1 Å². The van der Waals surface area contributed by atoms with E-state index in [1.54, 1.807) is 0 Å². The second-order valence-electron chi connectivity index (χ2n) is 12.8. The van der Waals surface area contributed by atoms with E-state index in [9.17, 15) is 0 Å². The number of para-hydroxylation sites is 1. The summed E-state index contributed by atoms with van der Waals surface area (Å²) in [6.45, 7) is 12.4. The molecule has 0 saturated carbocycles. The summed E-state index contributed by atoms with van der Waals surface area (Å²) in [7, 11) is 0. The molecule has 0 saturated heterocycles. The smallest absolute Gasteiger partial charge is 0.0714 e. The van der Waals surface area contributed by atoms with E-state index in [2.05, 4.69) is 202 Å². The van der Waals surface area contributed by atoms with Gasteiger partial charge in [-0.1, -0.05) is 178 Å². The average Bonchev–Trinajstić information content (AvgIpc) is 3.49. The van der Waals surface area contributed by atoms with Gasteiger partial charge in [0.15, 0.2) is 0 Å². The minimum atomic E-state index is -0.499. The molecule has 7 rings (SSSR count). The van der Waals surface area contributed by atoms with Crippen molar-refractivity contribution in [1.29, 1.82) is 0 Å². The first-order valence-corrected chi connectivity index (χ1v) is 17.8. The van der Waals surface area contributed by atoms with Gasteiger partial charge < -0.3 is 4.90 Å². The quantitative estimate of drug-likeness (QED) is 0.125. The number of fused-ring (bicyclic) bond motifs is 3. The summed E-state index contributed by atoms with van der Waals surface area (Å²) in [6.07, 6.45) is 13.3. The van der Waals surface area contributed by atoms with Crippen molar-refractivity contribution in [3.05, 3.63) is 235 Å². The highest BCUT2D eigenvalue weighted by molar-refractivity contribution is 5.93. The maximum absolute atomic E-state index is 4.18. The Morgan fingerprint density at radius 2 is 1.24 bits per heavy atom. The summed E-state index contributed by atoms with van der Waals surface area (Å²) in [6, 6.07) is 55.4. The summed E-state index contributed by atoms with van der Waals surface area (Å²) in [5, 5.41) is 0. The Morgan fingerprint density at radius 3 is 1.88 bits per heavy atom. The first kappa shape index (κ1) is 33.3. The molecule has 0 aromatic heterocycles. The van der Waals surface area contributed by atoms with Crippen LogP contribution in [0.5, 0.6) is 0 Å². The van der Waals surface area contributed by atoms with Crippen LogP contribution in [0, 0.1) is 0 Å². The van der Waals surface area contributed by atoms with Gasteiger partial charge in [0.1, 0.15) is 0 Å². The molecule has 51 heavy (non-hydrogen) atoms. The molecular weight excluding hydrogens is 615 g/mol. The minimum absolute atomic E-state index is 0.499. The van der Waals surface area contributed by atoms with Gasteiger partial charge in [0, 0.05) is 16.9 Å². The number of benzene rings is 6. The van der Waals surface area contributed by atoms with Crippen molar-refractivity contribution >= 4 is 28.2 Å². The summed E-state index contributed by atoms with van der Waals surface area (Å²) < 4.78 is 0. The molecular formula is C50H43N. The standard InChI is InChI=1S/C50H43N/c1-5-19-37(8-4)44-26-16-18-29-49(44)51(42-32-30-39(31-33-42)38(20-6-2)21-7-3)43-34-35-46-45-27-15-17-28-47(45)50(48(46)36-43,40-22-11-9-12-23-40)41-24-13-10-14-25-41/h5-6,8-36H,1,4,7H2,2-3H3/b20-6-,37-19+,38-21+. The Morgan fingerprint density at radius 1 is 0.627 bits per heavy atom. The Bertz CT molecular complexity index is 2230. The van der Waals surface area contributed by atoms with Crippen LogP contribution in [0.1, 0.15) is 53.6 Å². The molecule has 1 nitrogen and oxygen atoms in total. The normalized spacial score (nSPS) is 13.5. The third-order valence-corrected chi connectivity index (χ3v) is 9.90. The van der Waals surface area contributed by atoms with E-state index < -0.39 is 5.41 Å². The summed E-state index contributed by atoms with van der Waals surface area (Å²) in [5.74, 6) is 0. The van der Waals surface area contributed by atoms with Gasteiger partial charge in [-0.15, -0.1) is 0 Å². The van der Waals surface area contributed by atoms with Crippen LogP contribution in [0.15, 0.2) is 201 Å². The van der Waals surface area contributed by atoms with Crippen LogP contribution >= 0.6 is 0 Å². The number of allylic oxidation sites excluding steroid dienone is 8. The molecule has 1 heteroatoms. The Kier molecular flexibility index (Phi) is 9.63. The number of rotatable bonds is 11. The van der Waals surface area contributed by atoms with Crippen molar-refractivity contribution in [2.75, 3.05) is 4.90 Å². The Hall–Kier alpha value is -6.18. The lowest BCUT2D eigenvalue weighted by Gasteiger charge is -2.35. The first-order valence-electron chi connectivity index (χ1n) is 17.8. The molecule has 6 aromatic carbocycles. The van der Waals surface area contributed by atoms with Crippen molar-refractivity contribution in [3.8, 4) is 11.1 Å². The molecule has 1 aliphatic rings. The fourth-order valence-corrected chi connectivity index (χ4v) is 7.79. The van der Waals surface area contributed by atoms with Gasteiger partial charge in [0.25, 0.3) is 0 Å². The van der Waals surface area contributed by atoms with Crippen molar-refractivity contribution in [2.45, 2.75) is 25.7 Å². The second-order valence-corrected chi connectivity index (χ2v) is 12.8. The fourth-order valence-electron chi connectivity index (χ4n) is 7.79. The van der Waals surface area contributed by atoms with Crippen molar-refractivity contribution in [1.82, 2.24) is 0 Å². The highest BCUT2D eigenvalue weighted by Crippen LogP contribution is 2.57. The van der Waals surface area contributed by atoms with Gasteiger partial charge in [0.2, 0.25) is 0 Å². The molecule has 0 spiro atoms. The van der Waals surface area contributed by atoms with Crippen molar-refractivity contribution in [2.24, 2.45) is 0 Å². The van der Waals surface area contributed by atoms with Crippen molar-refractivity contribution < 1.29 is 0 Å². The monoisotopic (exact) mass is 657 g/mol. The maximum atomic E-state index is 4.18. The zero-order chi connectivity index (χ0) is 35.2. The SMILES string of the molecule is C=C/C=C(\C=C)c1ccccc1N(c1ccc(C(/C=C\C)=C/CC)cc1)c1ccc2c(c1)C(c1ccccc1)(c1ccccc1)c1ccccc1-2. The molecule has 0 bridgehead atoms. The van der Waals surface area contributed by atoms with Crippen LogP contribution < -0.4 is 4.90 Å². The van der Waals surface area contributed by atoms with E-state index in [-0.39, 0.29) is 0 Å². The third-order valence-electron chi connectivity index (χ3n) is 9.90. The van der Waals surface area contributed by atoms with E-state index >= 15 is 0 Å². The van der Waals surface area contributed by atoms with Gasteiger partial charge in [-0.3, -0.25) is 0 Å². The van der Waals surface area contributed by atoms with E-state index in [0.29, 0.717) is 0 Å². The molecule has 248 valence electrons. The predicted molar refractivity (Wildman–Crippen MR) is 220 cm³/mol. The first-order chi connectivity index (χ1) is 25.1. The lowest BCUT2D eigenvalue weighted by molar-refractivity contribution is 0.768. The van der Waals surface area contributed by atoms with Gasteiger partial charge in [-0.25, -0.2) is 0 Å². The summed E-state index contributed by atoms with van der Waals surface area (Å²) >= 11 is 0. The summed E-state index contributed by atoms with van der Waals surface area (Å²) in [5.41, 5.74) is 14.8. The number of hydrogen-bond donors (Lipinski definition) is 0. The van der Waals surface area contributed by atoms with Crippen LogP contribution in [0.2, 0.25) is 0 Å². The summed E-state index contributed by atoms with van der Waals surface area (Å²) in [4.78, 5) is 2.39. The minimum Gasteiger partial charge on any atom is -0.310 e. The van der Waals surface area contributed by atoms with E-state index in [4.69, 9.17) is 0 Å². The maximum Gasteiger partial charge on any atom is 0.0714 e. The number of hydrogen-bond acceptors (Lipinski definition) is 1. The average molecular weight is 658 g/mol. The fraction of sp³-hybridized carbons (Fsp3) is 0.0800. The molecule has 0 heterocycles. The van der Waals surface area contributed by atoms with Crippen molar-refractivity contribution in [3.63, 3.8) is 0 Å². The molecule has 0 radical (unpaired) electrons. The lowest BCUT2D eigenvalue weighted by atomic mass is 9.67. The molecule has 0 atom stereocenters. The highest BCUT2D eigenvalue weighted by atomic mass is 15.1. The van der Waals surface area contributed by atoms with E-state index in [1.165, 1.54) is 44.5 Å². The number of anilines is 3. The molecule has 0 aliphatic heterocycles. The molecule has 0 fully saturated rings. The van der Waals surface area contributed by atoms with Gasteiger partial charge >= 0.3 is 0 Å². The predicted octanol–water partition coefficient (Wildman–Crippen LogP) is 13.6. The molecule has 0 N–H and O–H groups in total. The van der Waals surface area contributed by atoms with Crippen LogP contribution in [-0.2, 0) is 5.41 Å². The van der Waals surface area contributed by atoms with Gasteiger partial charge in [-0.2, -0.15) is 0 Å². The largest absolute Gasteiger partial charge is 0.310 e.